The van der Waals surface area contributed by atoms with Gasteiger partial charge in [-0.15, -0.1) is 0 Å². The van der Waals surface area contributed by atoms with Crippen molar-refractivity contribution >= 4 is 11.9 Å². The van der Waals surface area contributed by atoms with Gasteiger partial charge in [-0.25, -0.2) is 0 Å². The fourth-order valence-electron chi connectivity index (χ4n) is 2.33. The Morgan fingerprint density at radius 3 is 1.50 bits per heavy atom. The predicted octanol–water partition coefficient (Wildman–Crippen LogP) is 2.71. The third-order valence-electron chi connectivity index (χ3n) is 3.73. The average molecular weight is 336 g/mol. The Morgan fingerprint density at radius 1 is 0.750 bits per heavy atom. The zero-order valence-electron chi connectivity index (χ0n) is 16.2. The maximum absolute atomic E-state index is 9.43. The van der Waals surface area contributed by atoms with Crippen LogP contribution in [0.25, 0.3) is 0 Å². The zero-order valence-corrected chi connectivity index (χ0v) is 16.2. The minimum absolute atomic E-state index is 0. The Labute approximate surface area is 161 Å². The number of hydrogen-bond donors (Lipinski definition) is 2. The Kier molecular flexibility index (Phi) is 26.6. The maximum atomic E-state index is 9.43. The molecule has 0 radical (unpaired) electrons. The van der Waals surface area contributed by atoms with E-state index in [0.717, 1.165) is 5.92 Å². The molecule has 4 nitrogen and oxygen atoms in total. The van der Waals surface area contributed by atoms with Crippen LogP contribution >= 0.6 is 0 Å². The number of rotatable bonds is 14. The molecule has 0 heterocycles. The normalized spacial score (nSPS) is 11.0. The van der Waals surface area contributed by atoms with Crippen LogP contribution in [-0.4, -0.2) is 22.2 Å². The smallest absolute Gasteiger partial charge is 0.481 e. The molecule has 0 aromatic carbocycles. The van der Waals surface area contributed by atoms with Crippen LogP contribution in [0.15, 0.2) is 0 Å². The number of carboxylic acid groups (broad SMARTS) is 2. The van der Waals surface area contributed by atoms with Crippen molar-refractivity contribution in [2.75, 3.05) is 0 Å². The number of aliphatic carboxylic acids is 2. The topological polar surface area (TPSA) is 74.6 Å². The van der Waals surface area contributed by atoms with Gasteiger partial charge in [0, 0.05) is 0 Å². The van der Waals surface area contributed by atoms with Crippen molar-refractivity contribution < 1.29 is 38.7 Å². The van der Waals surface area contributed by atoms with Gasteiger partial charge in [0.05, 0.1) is 0 Å². The molecule has 0 aliphatic carbocycles. The number of hydrogen-bond acceptors (Lipinski definition) is 2. The van der Waals surface area contributed by atoms with E-state index in [-0.39, 0.29) is 18.9 Å². The molecule has 1 unspecified atom stereocenters. The molecule has 0 amide bonds. The van der Waals surface area contributed by atoms with E-state index >= 15 is 0 Å². The van der Waals surface area contributed by atoms with Crippen LogP contribution in [0.1, 0.15) is 97.3 Å². The van der Waals surface area contributed by atoms with E-state index in [4.69, 9.17) is 10.2 Å². The molecular weight excluding hydrogens is 299 g/mol. The van der Waals surface area contributed by atoms with E-state index in [9.17, 15) is 9.59 Å². The minimum Gasteiger partial charge on any atom is -0.481 e. The third kappa shape index (κ3) is 29.5. The van der Waals surface area contributed by atoms with Gasteiger partial charge in [-0.1, -0.05) is 90.9 Å². The molecule has 0 saturated carbocycles. The molecule has 24 heavy (non-hydrogen) atoms. The molecular formula is C19H37LiO4. The number of unbranched alkanes of at least 4 members (excludes halogenated alkanes) is 8. The molecule has 138 valence electrons. The molecule has 0 aromatic rings. The van der Waals surface area contributed by atoms with Crippen molar-refractivity contribution in [1.82, 2.24) is 0 Å². The Balaban J connectivity index is -0.000000468. The van der Waals surface area contributed by atoms with Gasteiger partial charge >= 0.3 is 30.8 Å². The van der Waals surface area contributed by atoms with Gasteiger partial charge in [-0.3, -0.25) is 9.59 Å². The van der Waals surface area contributed by atoms with Gasteiger partial charge in [-0.05, 0) is 0 Å². The zero-order chi connectivity index (χ0) is 17.9. The molecule has 0 spiro atoms. The second-order valence-corrected chi connectivity index (χ2v) is 6.24. The van der Waals surface area contributed by atoms with Crippen LogP contribution in [-0.2, 0) is 9.59 Å². The summed E-state index contributed by atoms with van der Waals surface area (Å²) in [6.45, 7) is 8.78. The SMILES string of the molecule is O=C(O)CC(=O)O.[CH2-]C(CCCC)CCCCCCCCCC.[Li+]. The molecule has 2 N–H and O–H groups in total. The van der Waals surface area contributed by atoms with Crippen LogP contribution in [0, 0.1) is 12.8 Å². The third-order valence-corrected chi connectivity index (χ3v) is 3.73. The van der Waals surface area contributed by atoms with Crippen molar-refractivity contribution in [3.05, 3.63) is 6.92 Å². The predicted molar refractivity (Wildman–Crippen MR) is 95.5 cm³/mol. The first-order valence-corrected chi connectivity index (χ1v) is 9.20. The second-order valence-electron chi connectivity index (χ2n) is 6.24. The van der Waals surface area contributed by atoms with Crippen molar-refractivity contribution in [2.45, 2.75) is 97.3 Å². The average Bonchev–Trinajstić information content (AvgIpc) is 2.47. The van der Waals surface area contributed by atoms with E-state index in [0.29, 0.717) is 0 Å². The first kappa shape index (κ1) is 28.3. The fourth-order valence-corrected chi connectivity index (χ4v) is 2.33. The largest absolute Gasteiger partial charge is 1.00 e. The van der Waals surface area contributed by atoms with Crippen LogP contribution in [0.5, 0.6) is 0 Å². The minimum atomic E-state index is -1.31. The van der Waals surface area contributed by atoms with Gasteiger partial charge in [-0.2, -0.15) is 5.92 Å². The summed E-state index contributed by atoms with van der Waals surface area (Å²) in [6.07, 6.45) is 16.0. The van der Waals surface area contributed by atoms with Gasteiger partial charge in [0.25, 0.3) is 0 Å². The summed E-state index contributed by atoms with van der Waals surface area (Å²) in [4.78, 5) is 18.9. The summed E-state index contributed by atoms with van der Waals surface area (Å²) in [5, 5.41) is 15.4. The van der Waals surface area contributed by atoms with E-state index < -0.39 is 18.4 Å². The number of carboxylic acids is 2. The molecule has 0 aliphatic rings. The summed E-state index contributed by atoms with van der Waals surface area (Å²) in [5.41, 5.74) is 0. The quantitative estimate of drug-likeness (QED) is 0.221. The monoisotopic (exact) mass is 336 g/mol. The molecule has 0 rings (SSSR count). The van der Waals surface area contributed by atoms with E-state index in [1.165, 1.54) is 77.0 Å². The summed E-state index contributed by atoms with van der Waals surface area (Å²) in [7, 11) is 0. The Bertz CT molecular complexity index is 271. The molecule has 0 aliphatic heterocycles. The van der Waals surface area contributed by atoms with Gasteiger partial charge in [0.15, 0.2) is 0 Å². The van der Waals surface area contributed by atoms with Gasteiger partial charge in [0.2, 0.25) is 0 Å². The van der Waals surface area contributed by atoms with Crippen LogP contribution < -0.4 is 18.9 Å². The Morgan fingerprint density at radius 2 is 1.12 bits per heavy atom. The van der Waals surface area contributed by atoms with E-state index in [1.54, 1.807) is 0 Å². The van der Waals surface area contributed by atoms with Crippen molar-refractivity contribution in [3.8, 4) is 0 Å². The number of carbonyl (C=O) groups is 2. The molecule has 0 aromatic heterocycles. The summed E-state index contributed by atoms with van der Waals surface area (Å²) < 4.78 is 0. The standard InChI is InChI=1S/C16H33.C3H4O4.Li/c1-4-6-8-9-10-11-12-13-15-16(3)14-7-5-2;4-2(5)1-3(6)7;/h16H,3-15H2,1-2H3;1H2,(H,4,5)(H,6,7);/q-1;;+1. The second kappa shape index (κ2) is 22.5. The molecule has 1 atom stereocenters. The Hall–Kier alpha value is -0.463. The van der Waals surface area contributed by atoms with E-state index in [2.05, 4.69) is 20.8 Å². The molecule has 0 saturated heterocycles. The fraction of sp³-hybridized carbons (Fsp3) is 0.842. The first-order valence-electron chi connectivity index (χ1n) is 9.20. The van der Waals surface area contributed by atoms with Crippen molar-refractivity contribution in [2.24, 2.45) is 5.92 Å². The van der Waals surface area contributed by atoms with Crippen LogP contribution in [0.3, 0.4) is 0 Å². The van der Waals surface area contributed by atoms with E-state index in [1.807, 2.05) is 0 Å². The van der Waals surface area contributed by atoms with Crippen LogP contribution in [0.2, 0.25) is 0 Å². The summed E-state index contributed by atoms with van der Waals surface area (Å²) in [5.74, 6) is -1.90. The summed E-state index contributed by atoms with van der Waals surface area (Å²) >= 11 is 0. The van der Waals surface area contributed by atoms with Gasteiger partial charge < -0.3 is 17.1 Å². The van der Waals surface area contributed by atoms with Crippen molar-refractivity contribution in [1.29, 1.82) is 0 Å². The van der Waals surface area contributed by atoms with Crippen LogP contribution in [0.4, 0.5) is 0 Å². The molecule has 0 bridgehead atoms. The molecule has 0 fully saturated rings. The maximum Gasteiger partial charge on any atom is 1.00 e. The summed E-state index contributed by atoms with van der Waals surface area (Å²) in [6, 6.07) is 0. The first-order chi connectivity index (χ1) is 10.9. The van der Waals surface area contributed by atoms with Crippen molar-refractivity contribution in [3.63, 3.8) is 0 Å². The molecule has 5 heteroatoms. The van der Waals surface area contributed by atoms with Gasteiger partial charge in [0.1, 0.15) is 6.42 Å².